The Balaban J connectivity index is 1.72. The highest BCUT2D eigenvalue weighted by molar-refractivity contribution is 6.06. The quantitative estimate of drug-likeness (QED) is 0.356. The van der Waals surface area contributed by atoms with Crippen LogP contribution in [0, 0.1) is 0 Å². The van der Waals surface area contributed by atoms with Gasteiger partial charge in [0.05, 0.1) is 17.4 Å². The summed E-state index contributed by atoms with van der Waals surface area (Å²) in [5, 5.41) is 36.9. The first kappa shape index (κ1) is 23.3. The molecule has 3 aromatic rings. The molecule has 32 heavy (non-hydrogen) atoms. The number of β-amino-alcohol motifs (C(OH)–C–C–N with tert-alkyl or cyclic N) is 1. The van der Waals surface area contributed by atoms with Crippen molar-refractivity contribution >= 4 is 11.6 Å². The number of nitrogens with one attached hydrogen (secondary N) is 2. The number of hydrogen-bond donors (Lipinski definition) is 5. The summed E-state index contributed by atoms with van der Waals surface area (Å²) in [5.74, 6) is -0.817. The standard InChI is InChI=1S/C26H30N2O4/c1-26(2,3)27-16-24(31)19-10-12-22(29)21(15-19)28-25(32)20-11-9-18(14-23(20)30)13-17-7-5-4-6-8-17/h4-12,14-15,24,27,29-31H,13,16H2,1-3H3,(H,28,32). The molecule has 0 aliphatic rings. The summed E-state index contributed by atoms with van der Waals surface area (Å²) in [6.07, 6.45) is -0.171. The van der Waals surface area contributed by atoms with Crippen LogP contribution in [-0.4, -0.2) is 33.3 Å². The Morgan fingerprint density at radius 2 is 1.62 bits per heavy atom. The molecular formula is C26H30N2O4. The summed E-state index contributed by atoms with van der Waals surface area (Å²) in [6, 6.07) is 19.3. The van der Waals surface area contributed by atoms with Crippen molar-refractivity contribution in [3.63, 3.8) is 0 Å². The highest BCUT2D eigenvalue weighted by atomic mass is 16.3. The van der Waals surface area contributed by atoms with E-state index in [9.17, 15) is 20.1 Å². The fraction of sp³-hybridized carbons (Fsp3) is 0.269. The number of carbonyl (C=O) groups excluding carboxylic acids is 1. The topological polar surface area (TPSA) is 102 Å². The Hall–Kier alpha value is -3.35. The molecule has 0 bridgehead atoms. The van der Waals surface area contributed by atoms with Crippen LogP contribution in [0.2, 0.25) is 0 Å². The lowest BCUT2D eigenvalue weighted by atomic mass is 10.0. The van der Waals surface area contributed by atoms with Gasteiger partial charge in [-0.15, -0.1) is 0 Å². The van der Waals surface area contributed by atoms with Crippen LogP contribution in [0.5, 0.6) is 11.5 Å². The number of amides is 1. The van der Waals surface area contributed by atoms with Crippen LogP contribution in [0.4, 0.5) is 5.69 Å². The Morgan fingerprint density at radius 1 is 0.906 bits per heavy atom. The van der Waals surface area contributed by atoms with Gasteiger partial charge in [0.15, 0.2) is 0 Å². The van der Waals surface area contributed by atoms with Gasteiger partial charge in [-0.1, -0.05) is 42.5 Å². The van der Waals surface area contributed by atoms with E-state index in [-0.39, 0.29) is 28.3 Å². The van der Waals surface area contributed by atoms with Gasteiger partial charge < -0.3 is 26.0 Å². The van der Waals surface area contributed by atoms with Crippen molar-refractivity contribution in [1.82, 2.24) is 5.32 Å². The molecule has 3 aromatic carbocycles. The van der Waals surface area contributed by atoms with Crippen LogP contribution < -0.4 is 10.6 Å². The largest absolute Gasteiger partial charge is 0.507 e. The fourth-order valence-corrected chi connectivity index (χ4v) is 3.28. The van der Waals surface area contributed by atoms with Gasteiger partial charge >= 0.3 is 0 Å². The highest BCUT2D eigenvalue weighted by Gasteiger charge is 2.17. The summed E-state index contributed by atoms with van der Waals surface area (Å²) >= 11 is 0. The maximum absolute atomic E-state index is 12.7. The van der Waals surface area contributed by atoms with Crippen molar-refractivity contribution in [2.24, 2.45) is 0 Å². The number of anilines is 1. The third-order valence-corrected chi connectivity index (χ3v) is 5.04. The van der Waals surface area contributed by atoms with Gasteiger partial charge in [-0.05, 0) is 68.1 Å². The molecule has 5 N–H and O–H groups in total. The summed E-state index contributed by atoms with van der Waals surface area (Å²) < 4.78 is 0. The molecule has 1 unspecified atom stereocenters. The molecule has 0 saturated carbocycles. The van der Waals surface area contributed by atoms with Gasteiger partial charge in [0, 0.05) is 12.1 Å². The molecule has 6 heteroatoms. The minimum atomic E-state index is -0.809. The van der Waals surface area contributed by atoms with E-state index < -0.39 is 12.0 Å². The number of hydrogen-bond acceptors (Lipinski definition) is 5. The van der Waals surface area contributed by atoms with Crippen LogP contribution in [0.25, 0.3) is 0 Å². The van der Waals surface area contributed by atoms with Crippen molar-refractivity contribution in [1.29, 1.82) is 0 Å². The molecule has 1 amide bonds. The first-order valence-corrected chi connectivity index (χ1v) is 10.6. The second-order valence-corrected chi connectivity index (χ2v) is 8.89. The van der Waals surface area contributed by atoms with E-state index >= 15 is 0 Å². The van der Waals surface area contributed by atoms with E-state index in [0.29, 0.717) is 18.5 Å². The van der Waals surface area contributed by atoms with E-state index in [4.69, 9.17) is 0 Å². The van der Waals surface area contributed by atoms with Crippen molar-refractivity contribution in [3.05, 3.63) is 89.0 Å². The fourth-order valence-electron chi connectivity index (χ4n) is 3.28. The zero-order chi connectivity index (χ0) is 23.3. The molecule has 0 saturated heterocycles. The van der Waals surface area contributed by atoms with E-state index in [2.05, 4.69) is 10.6 Å². The van der Waals surface area contributed by atoms with Gasteiger partial charge in [-0.3, -0.25) is 4.79 Å². The predicted octanol–water partition coefficient (Wildman–Crippen LogP) is 4.36. The molecule has 0 fully saturated rings. The Morgan fingerprint density at radius 3 is 2.28 bits per heavy atom. The lowest BCUT2D eigenvalue weighted by Gasteiger charge is -2.23. The summed E-state index contributed by atoms with van der Waals surface area (Å²) in [6.45, 7) is 6.32. The molecule has 0 heterocycles. The number of aliphatic hydroxyl groups excluding tert-OH is 1. The van der Waals surface area contributed by atoms with Crippen LogP contribution in [0.3, 0.4) is 0 Å². The number of aliphatic hydroxyl groups is 1. The smallest absolute Gasteiger partial charge is 0.259 e. The number of benzene rings is 3. The normalized spacial score (nSPS) is 12.4. The Bertz CT molecular complexity index is 1070. The van der Waals surface area contributed by atoms with Crippen molar-refractivity contribution in [2.45, 2.75) is 38.8 Å². The van der Waals surface area contributed by atoms with Crippen LogP contribution >= 0.6 is 0 Å². The Kier molecular flexibility index (Phi) is 7.18. The monoisotopic (exact) mass is 434 g/mol. The molecule has 168 valence electrons. The van der Waals surface area contributed by atoms with Gasteiger partial charge in [0.2, 0.25) is 0 Å². The first-order chi connectivity index (χ1) is 15.1. The zero-order valence-corrected chi connectivity index (χ0v) is 18.6. The van der Waals surface area contributed by atoms with Gasteiger partial charge in [0.25, 0.3) is 5.91 Å². The summed E-state index contributed by atoms with van der Waals surface area (Å²) in [7, 11) is 0. The second-order valence-electron chi connectivity index (χ2n) is 8.89. The van der Waals surface area contributed by atoms with E-state index in [1.54, 1.807) is 24.3 Å². The highest BCUT2D eigenvalue weighted by Crippen LogP contribution is 2.29. The lowest BCUT2D eigenvalue weighted by Crippen LogP contribution is -2.38. The molecule has 1 atom stereocenters. The molecule has 0 aliphatic heterocycles. The van der Waals surface area contributed by atoms with Crippen molar-refractivity contribution in [2.75, 3.05) is 11.9 Å². The number of carbonyl (C=O) groups is 1. The van der Waals surface area contributed by atoms with Crippen LogP contribution in [-0.2, 0) is 6.42 Å². The second kappa shape index (κ2) is 9.85. The van der Waals surface area contributed by atoms with E-state index in [1.807, 2.05) is 51.1 Å². The minimum absolute atomic E-state index is 0.0987. The molecule has 0 radical (unpaired) electrons. The number of phenolic OH excluding ortho intramolecular Hbond substituents is 2. The number of phenols is 2. The summed E-state index contributed by atoms with van der Waals surface area (Å²) in [4.78, 5) is 12.7. The van der Waals surface area contributed by atoms with E-state index in [0.717, 1.165) is 11.1 Å². The number of rotatable bonds is 7. The van der Waals surface area contributed by atoms with Crippen molar-refractivity contribution in [3.8, 4) is 11.5 Å². The maximum Gasteiger partial charge on any atom is 0.259 e. The molecule has 0 aliphatic carbocycles. The molecule has 0 aromatic heterocycles. The van der Waals surface area contributed by atoms with Gasteiger partial charge in [-0.2, -0.15) is 0 Å². The average molecular weight is 435 g/mol. The zero-order valence-electron chi connectivity index (χ0n) is 18.6. The SMILES string of the molecule is CC(C)(C)NCC(O)c1ccc(O)c(NC(=O)c2ccc(Cc3ccccc3)cc2O)c1. The van der Waals surface area contributed by atoms with Gasteiger partial charge in [0.1, 0.15) is 11.5 Å². The van der Waals surface area contributed by atoms with Gasteiger partial charge in [-0.25, -0.2) is 0 Å². The lowest BCUT2D eigenvalue weighted by molar-refractivity contribution is 0.102. The molecule has 3 rings (SSSR count). The van der Waals surface area contributed by atoms with Crippen LogP contribution in [0.1, 0.15) is 53.9 Å². The number of aromatic hydroxyl groups is 2. The molecular weight excluding hydrogens is 404 g/mol. The first-order valence-electron chi connectivity index (χ1n) is 10.6. The summed E-state index contributed by atoms with van der Waals surface area (Å²) in [5.41, 5.74) is 2.64. The Labute approximate surface area is 188 Å². The predicted molar refractivity (Wildman–Crippen MR) is 126 cm³/mol. The molecule has 6 nitrogen and oxygen atoms in total. The minimum Gasteiger partial charge on any atom is -0.507 e. The van der Waals surface area contributed by atoms with Crippen LogP contribution in [0.15, 0.2) is 66.7 Å². The molecule has 0 spiro atoms. The third kappa shape index (κ3) is 6.33. The third-order valence-electron chi connectivity index (χ3n) is 5.04. The maximum atomic E-state index is 12.7. The average Bonchev–Trinajstić information content (AvgIpc) is 2.74. The van der Waals surface area contributed by atoms with E-state index in [1.165, 1.54) is 12.1 Å². The van der Waals surface area contributed by atoms with Crippen molar-refractivity contribution < 1.29 is 20.1 Å².